The zero-order valence-corrected chi connectivity index (χ0v) is 16.5. The Bertz CT molecular complexity index is 718. The van der Waals surface area contributed by atoms with Crippen molar-refractivity contribution in [3.05, 3.63) is 40.9 Å². The topological polar surface area (TPSA) is 66.8 Å². The van der Waals surface area contributed by atoms with E-state index in [1.54, 1.807) is 13.1 Å². The smallest absolute Gasteiger partial charge is 0.311 e. The van der Waals surface area contributed by atoms with Gasteiger partial charge in [0.2, 0.25) is 5.13 Å². The summed E-state index contributed by atoms with van der Waals surface area (Å²) in [4.78, 5) is 18.0. The molecule has 0 radical (unpaired) electrons. The highest BCUT2D eigenvalue weighted by atomic mass is 35.5. The zero-order chi connectivity index (χ0) is 18.8. The molecule has 6 nitrogen and oxygen atoms in total. The maximum atomic E-state index is 11.4. The van der Waals surface area contributed by atoms with E-state index in [1.807, 2.05) is 17.5 Å². The van der Waals surface area contributed by atoms with Crippen LogP contribution in [-0.4, -0.2) is 42.7 Å². The number of carbonyl (C=O) groups excluding carboxylic acids is 1. The Morgan fingerprint density at radius 1 is 1.38 bits per heavy atom. The summed E-state index contributed by atoms with van der Waals surface area (Å²) in [6.07, 6.45) is 1.90. The van der Waals surface area contributed by atoms with Gasteiger partial charge in [-0.25, -0.2) is 4.98 Å². The molecule has 0 aliphatic carbocycles. The van der Waals surface area contributed by atoms with E-state index in [0.717, 1.165) is 24.3 Å². The van der Waals surface area contributed by atoms with Crippen molar-refractivity contribution < 1.29 is 9.53 Å². The van der Waals surface area contributed by atoms with Gasteiger partial charge in [-0.05, 0) is 31.5 Å². The van der Waals surface area contributed by atoms with Crippen LogP contribution in [0.5, 0.6) is 0 Å². The molecule has 1 aromatic carbocycles. The van der Waals surface area contributed by atoms with Gasteiger partial charge in [0, 0.05) is 30.0 Å². The van der Waals surface area contributed by atoms with Gasteiger partial charge in [-0.2, -0.15) is 5.10 Å². The van der Waals surface area contributed by atoms with Gasteiger partial charge in [0.05, 0.1) is 24.9 Å². The number of nitrogens with zero attached hydrogens (tertiary/aromatic N) is 3. The van der Waals surface area contributed by atoms with Crippen LogP contribution in [0.15, 0.2) is 34.7 Å². The van der Waals surface area contributed by atoms with E-state index < -0.39 is 0 Å². The molecule has 0 fully saturated rings. The van der Waals surface area contributed by atoms with Crippen molar-refractivity contribution in [3.63, 3.8) is 0 Å². The second kappa shape index (κ2) is 10.8. The molecule has 0 amide bonds. The number of thiazole rings is 1. The first kappa shape index (κ1) is 20.2. The number of anilines is 2. The van der Waals surface area contributed by atoms with Crippen LogP contribution >= 0.6 is 22.9 Å². The van der Waals surface area contributed by atoms with Crippen molar-refractivity contribution in [2.24, 2.45) is 5.10 Å². The summed E-state index contributed by atoms with van der Waals surface area (Å²) in [5, 5.41) is 6.65. The van der Waals surface area contributed by atoms with E-state index in [0.29, 0.717) is 23.3 Å². The molecule has 1 aromatic heterocycles. The van der Waals surface area contributed by atoms with Gasteiger partial charge in [-0.1, -0.05) is 12.1 Å². The molecule has 140 valence electrons. The van der Waals surface area contributed by atoms with Gasteiger partial charge in [0.15, 0.2) is 0 Å². The average Bonchev–Trinajstić information content (AvgIpc) is 3.08. The van der Waals surface area contributed by atoms with E-state index in [9.17, 15) is 4.79 Å². The van der Waals surface area contributed by atoms with Crippen LogP contribution < -0.4 is 10.3 Å². The number of aromatic nitrogens is 1. The summed E-state index contributed by atoms with van der Waals surface area (Å²) < 4.78 is 4.91. The Morgan fingerprint density at radius 2 is 2.15 bits per heavy atom. The maximum absolute atomic E-state index is 11.4. The van der Waals surface area contributed by atoms with Crippen molar-refractivity contribution in [2.75, 3.05) is 35.9 Å². The minimum atomic E-state index is -0.275. The Kier molecular flexibility index (Phi) is 8.37. The van der Waals surface area contributed by atoms with Gasteiger partial charge in [0.25, 0.3) is 0 Å². The lowest BCUT2D eigenvalue weighted by Gasteiger charge is -2.21. The molecule has 0 aliphatic heterocycles. The molecule has 0 aliphatic rings. The predicted molar refractivity (Wildman–Crippen MR) is 109 cm³/mol. The molecule has 1 N–H and O–H groups in total. The van der Waals surface area contributed by atoms with E-state index in [-0.39, 0.29) is 12.4 Å². The number of alkyl halides is 1. The van der Waals surface area contributed by atoms with Gasteiger partial charge >= 0.3 is 5.97 Å². The summed E-state index contributed by atoms with van der Waals surface area (Å²) in [7, 11) is 0. The first-order chi connectivity index (χ1) is 12.7. The summed E-state index contributed by atoms with van der Waals surface area (Å²) in [5.74, 6) is 0.329. The molecule has 0 saturated heterocycles. The van der Waals surface area contributed by atoms with Crippen molar-refractivity contribution in [3.8, 4) is 0 Å². The second-order valence-electron chi connectivity index (χ2n) is 5.36. The minimum Gasteiger partial charge on any atom is -0.466 e. The van der Waals surface area contributed by atoms with Crippen LogP contribution in [0.3, 0.4) is 0 Å². The average molecular weight is 395 g/mol. The maximum Gasteiger partial charge on any atom is 0.311 e. The molecule has 1 heterocycles. The normalized spacial score (nSPS) is 10.9. The molecule has 0 spiro atoms. The Hall–Kier alpha value is -2.12. The molecule has 2 aromatic rings. The van der Waals surface area contributed by atoms with E-state index >= 15 is 0 Å². The number of benzene rings is 1. The van der Waals surface area contributed by atoms with Gasteiger partial charge in [-0.3, -0.25) is 10.2 Å². The van der Waals surface area contributed by atoms with Crippen LogP contribution in [0.1, 0.15) is 25.1 Å². The molecule has 2 rings (SSSR count). The monoisotopic (exact) mass is 394 g/mol. The number of rotatable bonds is 10. The van der Waals surface area contributed by atoms with Gasteiger partial charge in [-0.15, -0.1) is 22.9 Å². The molecular formula is C18H23ClN4O2S. The van der Waals surface area contributed by atoms with E-state index in [2.05, 4.69) is 39.5 Å². The lowest BCUT2D eigenvalue weighted by atomic mass is 10.2. The lowest BCUT2D eigenvalue weighted by Crippen LogP contribution is -2.24. The van der Waals surface area contributed by atoms with Gasteiger partial charge < -0.3 is 9.64 Å². The number of hydrogen-bond acceptors (Lipinski definition) is 7. The zero-order valence-electron chi connectivity index (χ0n) is 14.9. The van der Waals surface area contributed by atoms with Gasteiger partial charge in [0.1, 0.15) is 0 Å². The fourth-order valence-electron chi connectivity index (χ4n) is 2.30. The third kappa shape index (κ3) is 6.31. The van der Waals surface area contributed by atoms with Crippen LogP contribution in [0.25, 0.3) is 0 Å². The molecule has 0 saturated carbocycles. The van der Waals surface area contributed by atoms with E-state index in [1.165, 1.54) is 11.3 Å². The quantitative estimate of drug-likeness (QED) is 0.287. The highest BCUT2D eigenvalue weighted by molar-refractivity contribution is 7.13. The number of halogens is 1. The Labute approximate surface area is 162 Å². The lowest BCUT2D eigenvalue weighted by molar-refractivity contribution is -0.142. The third-order valence-corrected chi connectivity index (χ3v) is 4.52. The summed E-state index contributed by atoms with van der Waals surface area (Å²) >= 11 is 7.22. The van der Waals surface area contributed by atoms with E-state index in [4.69, 9.17) is 16.3 Å². The minimum absolute atomic E-state index is 0.174. The fraction of sp³-hybridized carbons (Fsp3) is 0.389. The summed E-state index contributed by atoms with van der Waals surface area (Å²) in [6.45, 7) is 6.01. The number of hydrogen-bond donors (Lipinski definition) is 1. The highest BCUT2D eigenvalue weighted by Gasteiger charge is 2.08. The summed E-state index contributed by atoms with van der Waals surface area (Å²) in [5.41, 5.74) is 5.68. The van der Waals surface area contributed by atoms with Crippen LogP contribution in [0.2, 0.25) is 0 Å². The first-order valence-electron chi connectivity index (χ1n) is 8.46. The second-order valence-corrected chi connectivity index (χ2v) is 6.59. The Balaban J connectivity index is 1.88. The standard InChI is InChI=1S/C18H23ClN4O2S/c1-3-23(10-9-19)16-7-5-14(6-8-16)12-20-22-18-21-15(13-26-18)11-17(24)25-4-2/h5-8,12-13H,3-4,9-11H2,1-2H3,(H,21,22). The molecule has 8 heteroatoms. The Morgan fingerprint density at radius 3 is 2.81 bits per heavy atom. The van der Waals surface area contributed by atoms with Crippen LogP contribution in [0, 0.1) is 0 Å². The van der Waals surface area contributed by atoms with Crippen molar-refractivity contribution in [1.29, 1.82) is 0 Å². The number of hydrazone groups is 1. The van der Waals surface area contributed by atoms with Crippen molar-refractivity contribution in [1.82, 2.24) is 4.98 Å². The largest absolute Gasteiger partial charge is 0.466 e. The van der Waals surface area contributed by atoms with Crippen LogP contribution in [0.4, 0.5) is 10.8 Å². The van der Waals surface area contributed by atoms with Crippen molar-refractivity contribution >= 4 is 45.9 Å². The molecular weight excluding hydrogens is 372 g/mol. The first-order valence-corrected chi connectivity index (χ1v) is 9.87. The fourth-order valence-corrected chi connectivity index (χ4v) is 3.17. The number of esters is 1. The molecule has 0 unspecified atom stereocenters. The predicted octanol–water partition coefficient (Wildman–Crippen LogP) is 3.76. The SMILES string of the molecule is CCOC(=O)Cc1csc(NN=Cc2ccc(N(CC)CCCl)cc2)n1. The number of ether oxygens (including phenoxy) is 1. The number of nitrogens with one attached hydrogen (secondary N) is 1. The number of carbonyl (C=O) groups is 1. The third-order valence-electron chi connectivity index (χ3n) is 3.55. The van der Waals surface area contributed by atoms with Crippen LogP contribution in [-0.2, 0) is 16.0 Å². The highest BCUT2D eigenvalue weighted by Crippen LogP contribution is 2.17. The molecule has 0 atom stereocenters. The molecule has 26 heavy (non-hydrogen) atoms. The van der Waals surface area contributed by atoms with Crippen molar-refractivity contribution in [2.45, 2.75) is 20.3 Å². The summed E-state index contributed by atoms with van der Waals surface area (Å²) in [6, 6.07) is 8.12. The molecule has 0 bridgehead atoms.